The first-order valence-electron chi connectivity index (χ1n) is 11.2. The molecular weight excluding hydrogens is 378 g/mol. The summed E-state index contributed by atoms with van der Waals surface area (Å²) in [6.45, 7) is 8.13. The molecule has 0 unspecified atom stereocenters. The van der Waals surface area contributed by atoms with Gasteiger partial charge >= 0.3 is 0 Å². The molecule has 1 aromatic carbocycles. The first-order chi connectivity index (χ1) is 14.2. The molecule has 0 saturated carbocycles. The molecule has 0 aromatic heterocycles. The Balaban J connectivity index is 1.80. The third-order valence-corrected chi connectivity index (χ3v) is 6.94. The van der Waals surface area contributed by atoms with Crippen molar-refractivity contribution in [1.29, 1.82) is 0 Å². The summed E-state index contributed by atoms with van der Waals surface area (Å²) in [4.78, 5) is 40.6. The van der Waals surface area contributed by atoms with E-state index in [9.17, 15) is 14.4 Å². The lowest BCUT2D eigenvalue weighted by Crippen LogP contribution is -2.50. The lowest BCUT2D eigenvalue weighted by atomic mass is 9.71. The smallest absolute Gasteiger partial charge is 0.225 e. The fourth-order valence-electron chi connectivity index (χ4n) is 5.01. The molecule has 2 heterocycles. The molecule has 6 nitrogen and oxygen atoms in total. The highest BCUT2D eigenvalue weighted by Gasteiger charge is 2.42. The minimum Gasteiger partial charge on any atom is -0.369 e. The van der Waals surface area contributed by atoms with Crippen LogP contribution in [0.3, 0.4) is 0 Å². The van der Waals surface area contributed by atoms with E-state index in [0.29, 0.717) is 32.4 Å². The Morgan fingerprint density at radius 1 is 1.10 bits per heavy atom. The van der Waals surface area contributed by atoms with E-state index < -0.39 is 5.41 Å². The second-order valence-electron chi connectivity index (χ2n) is 9.30. The van der Waals surface area contributed by atoms with Crippen LogP contribution in [0.1, 0.15) is 63.5 Å². The Bertz CT molecular complexity index is 797. The second kappa shape index (κ2) is 9.19. The van der Waals surface area contributed by atoms with Gasteiger partial charge in [0.1, 0.15) is 0 Å². The van der Waals surface area contributed by atoms with Gasteiger partial charge in [0.15, 0.2) is 0 Å². The molecule has 2 saturated heterocycles. The van der Waals surface area contributed by atoms with Crippen molar-refractivity contribution in [3.63, 3.8) is 0 Å². The number of likely N-dealkylation sites (tertiary alicyclic amines) is 2. The van der Waals surface area contributed by atoms with Crippen LogP contribution in [-0.2, 0) is 20.8 Å². The zero-order chi connectivity index (χ0) is 21.9. The number of hydrogen-bond acceptors (Lipinski definition) is 3. The normalized spacial score (nSPS) is 21.5. The van der Waals surface area contributed by atoms with Gasteiger partial charge in [-0.2, -0.15) is 0 Å². The largest absolute Gasteiger partial charge is 0.369 e. The van der Waals surface area contributed by atoms with Gasteiger partial charge in [0, 0.05) is 44.9 Å². The Kier molecular flexibility index (Phi) is 6.84. The van der Waals surface area contributed by atoms with E-state index in [1.807, 2.05) is 35.8 Å². The fraction of sp³-hybridized carbons (Fsp3) is 0.625. The minimum atomic E-state index is -0.626. The average Bonchev–Trinajstić information content (AvgIpc) is 2.74. The molecule has 2 aliphatic rings. The van der Waals surface area contributed by atoms with E-state index in [1.54, 1.807) is 6.92 Å². The van der Waals surface area contributed by atoms with E-state index in [4.69, 9.17) is 5.73 Å². The van der Waals surface area contributed by atoms with Gasteiger partial charge < -0.3 is 15.5 Å². The second-order valence-corrected chi connectivity index (χ2v) is 9.30. The van der Waals surface area contributed by atoms with E-state index in [2.05, 4.69) is 12.1 Å². The molecule has 2 aliphatic heterocycles. The van der Waals surface area contributed by atoms with E-state index in [-0.39, 0.29) is 29.6 Å². The quantitative estimate of drug-likeness (QED) is 0.806. The molecule has 1 aromatic rings. The van der Waals surface area contributed by atoms with Crippen LogP contribution in [0.25, 0.3) is 0 Å². The van der Waals surface area contributed by atoms with Gasteiger partial charge in [-0.1, -0.05) is 38.1 Å². The zero-order valence-corrected chi connectivity index (χ0v) is 18.5. The molecular formula is C24H35N3O3. The summed E-state index contributed by atoms with van der Waals surface area (Å²) in [5.74, 6) is 0.227. The van der Waals surface area contributed by atoms with Gasteiger partial charge in [-0.25, -0.2) is 0 Å². The van der Waals surface area contributed by atoms with Gasteiger partial charge in [0.25, 0.3) is 0 Å². The summed E-state index contributed by atoms with van der Waals surface area (Å²) in [6, 6.07) is 8.27. The number of benzene rings is 1. The molecule has 3 rings (SSSR count). The SMILES string of the molecule is CC(=O)N1CCC[C@H](c2ccccc2CC2(C(N)=O)CCN(C(=O)C(C)C)CC2)C1. The number of piperidine rings is 2. The van der Waals surface area contributed by atoms with Crippen molar-refractivity contribution in [3.05, 3.63) is 35.4 Å². The monoisotopic (exact) mass is 413 g/mol. The Morgan fingerprint density at radius 2 is 1.77 bits per heavy atom. The fourth-order valence-corrected chi connectivity index (χ4v) is 5.01. The summed E-state index contributed by atoms with van der Waals surface area (Å²) < 4.78 is 0. The molecule has 0 spiro atoms. The predicted octanol–water partition coefficient (Wildman–Crippen LogP) is 2.71. The van der Waals surface area contributed by atoms with Crippen molar-refractivity contribution in [2.45, 2.75) is 58.8 Å². The van der Waals surface area contributed by atoms with Crippen LogP contribution in [0.15, 0.2) is 24.3 Å². The summed E-state index contributed by atoms with van der Waals surface area (Å²) in [5, 5.41) is 0. The molecule has 1 atom stereocenters. The third kappa shape index (κ3) is 4.68. The van der Waals surface area contributed by atoms with Crippen molar-refractivity contribution >= 4 is 17.7 Å². The molecule has 3 amide bonds. The maximum absolute atomic E-state index is 12.6. The van der Waals surface area contributed by atoms with Gasteiger partial charge in [0.2, 0.25) is 17.7 Å². The van der Waals surface area contributed by atoms with Crippen molar-refractivity contribution in [1.82, 2.24) is 9.80 Å². The highest BCUT2D eigenvalue weighted by atomic mass is 16.2. The van der Waals surface area contributed by atoms with Crippen LogP contribution in [-0.4, -0.2) is 53.7 Å². The Morgan fingerprint density at radius 3 is 2.37 bits per heavy atom. The number of nitrogens with zero attached hydrogens (tertiary/aromatic N) is 2. The molecule has 164 valence electrons. The molecule has 0 radical (unpaired) electrons. The maximum Gasteiger partial charge on any atom is 0.225 e. The van der Waals surface area contributed by atoms with E-state index in [1.165, 1.54) is 5.56 Å². The summed E-state index contributed by atoms with van der Waals surface area (Å²) in [6.07, 6.45) is 3.82. The first-order valence-corrected chi connectivity index (χ1v) is 11.2. The molecule has 6 heteroatoms. The van der Waals surface area contributed by atoms with Crippen LogP contribution >= 0.6 is 0 Å². The molecule has 0 aliphatic carbocycles. The van der Waals surface area contributed by atoms with Crippen LogP contribution in [0.5, 0.6) is 0 Å². The number of primary amides is 1. The third-order valence-electron chi connectivity index (χ3n) is 6.94. The number of rotatable bonds is 5. The van der Waals surface area contributed by atoms with Gasteiger partial charge in [-0.3, -0.25) is 14.4 Å². The first kappa shape index (κ1) is 22.3. The maximum atomic E-state index is 12.6. The lowest BCUT2D eigenvalue weighted by Gasteiger charge is -2.41. The lowest BCUT2D eigenvalue weighted by molar-refractivity contribution is -0.141. The van der Waals surface area contributed by atoms with Crippen molar-refractivity contribution in [2.75, 3.05) is 26.2 Å². The Labute approximate surface area is 179 Å². The highest BCUT2D eigenvalue weighted by Crippen LogP contribution is 2.38. The summed E-state index contributed by atoms with van der Waals surface area (Å²) in [7, 11) is 0. The van der Waals surface area contributed by atoms with Gasteiger partial charge in [-0.05, 0) is 43.2 Å². The van der Waals surface area contributed by atoms with Crippen LogP contribution in [0.4, 0.5) is 0 Å². The van der Waals surface area contributed by atoms with Gasteiger partial charge in [0.05, 0.1) is 5.41 Å². The number of carbonyl (C=O) groups excluding carboxylic acids is 3. The zero-order valence-electron chi connectivity index (χ0n) is 18.5. The van der Waals surface area contributed by atoms with Crippen molar-refractivity contribution in [3.8, 4) is 0 Å². The molecule has 2 N–H and O–H groups in total. The number of nitrogens with two attached hydrogens (primary N) is 1. The van der Waals surface area contributed by atoms with E-state index in [0.717, 1.165) is 31.5 Å². The number of hydrogen-bond donors (Lipinski definition) is 1. The predicted molar refractivity (Wildman–Crippen MR) is 117 cm³/mol. The summed E-state index contributed by atoms with van der Waals surface area (Å²) >= 11 is 0. The molecule has 0 bridgehead atoms. The summed E-state index contributed by atoms with van der Waals surface area (Å²) in [5.41, 5.74) is 7.68. The van der Waals surface area contributed by atoms with Crippen molar-refractivity contribution in [2.24, 2.45) is 17.1 Å². The van der Waals surface area contributed by atoms with Crippen molar-refractivity contribution < 1.29 is 14.4 Å². The minimum absolute atomic E-state index is 0.0395. The van der Waals surface area contributed by atoms with Crippen LogP contribution in [0, 0.1) is 11.3 Å². The molecule has 2 fully saturated rings. The number of carbonyl (C=O) groups is 3. The topological polar surface area (TPSA) is 83.7 Å². The van der Waals surface area contributed by atoms with Crippen LogP contribution in [0.2, 0.25) is 0 Å². The average molecular weight is 414 g/mol. The van der Waals surface area contributed by atoms with Gasteiger partial charge in [-0.15, -0.1) is 0 Å². The van der Waals surface area contributed by atoms with E-state index >= 15 is 0 Å². The standard InChI is InChI=1S/C24H35N3O3/c1-17(2)22(29)26-13-10-24(11-14-26,23(25)30)15-19-7-4-5-9-21(19)20-8-6-12-27(16-20)18(3)28/h4-5,7,9,17,20H,6,8,10-16H2,1-3H3,(H2,25,30)/t20-/m0/s1. The molecule has 30 heavy (non-hydrogen) atoms. The number of amides is 3. The Hall–Kier alpha value is -2.37. The van der Waals surface area contributed by atoms with Crippen LogP contribution < -0.4 is 5.73 Å². The highest BCUT2D eigenvalue weighted by molar-refractivity contribution is 5.83.